The van der Waals surface area contributed by atoms with Gasteiger partial charge in [-0.25, -0.2) is 4.39 Å². The van der Waals surface area contributed by atoms with Crippen LogP contribution in [0.15, 0.2) is 91.3 Å². The molecule has 9 nitrogen and oxygen atoms in total. The summed E-state index contributed by atoms with van der Waals surface area (Å²) >= 11 is 1.47. The smallest absolute Gasteiger partial charge is 0.236 e. The maximum atomic E-state index is 15.0. The second-order valence-corrected chi connectivity index (χ2v) is 10.4. The van der Waals surface area contributed by atoms with E-state index in [4.69, 9.17) is 10.5 Å². The number of halogens is 1. The van der Waals surface area contributed by atoms with Crippen molar-refractivity contribution >= 4 is 50.5 Å². The van der Waals surface area contributed by atoms with E-state index in [1.54, 1.807) is 48.5 Å². The van der Waals surface area contributed by atoms with E-state index in [1.807, 2.05) is 18.2 Å². The summed E-state index contributed by atoms with van der Waals surface area (Å²) in [6.45, 7) is 5.12. The Kier molecular flexibility index (Phi) is 10.4. The van der Waals surface area contributed by atoms with Gasteiger partial charge < -0.3 is 25.6 Å². The van der Waals surface area contributed by atoms with Crippen LogP contribution in [0.3, 0.4) is 0 Å². The second kappa shape index (κ2) is 14.3. The number of aromatic nitrogens is 1. The lowest BCUT2D eigenvalue weighted by Gasteiger charge is -2.26. The van der Waals surface area contributed by atoms with Crippen molar-refractivity contribution in [3.63, 3.8) is 0 Å². The maximum Gasteiger partial charge on any atom is 0.236 e. The quantitative estimate of drug-likeness (QED) is 0.190. The first kappa shape index (κ1) is 30.4. The number of hydrogen-bond donors (Lipinski definition) is 2. The first-order valence-electron chi connectivity index (χ1n) is 13.3. The summed E-state index contributed by atoms with van der Waals surface area (Å²) in [7, 11) is 1.58. The fourth-order valence-corrected chi connectivity index (χ4v) is 5.39. The van der Waals surface area contributed by atoms with Crippen LogP contribution < -0.4 is 20.7 Å². The molecule has 3 heterocycles. The molecule has 1 aromatic carbocycles. The molecule has 0 aliphatic carbocycles. The summed E-state index contributed by atoms with van der Waals surface area (Å²) in [6.07, 6.45) is 7.62. The highest BCUT2D eigenvalue weighted by atomic mass is 32.1. The number of pyridine rings is 1. The van der Waals surface area contributed by atoms with E-state index in [0.29, 0.717) is 49.4 Å². The molecule has 1 aliphatic heterocycles. The number of nitrogens with one attached hydrogen (secondary N) is 1. The Bertz CT molecular complexity index is 1560. The number of nitrogens with zero attached hydrogens (tertiary/aromatic N) is 3. The molecule has 3 amide bonds. The van der Waals surface area contributed by atoms with Crippen molar-refractivity contribution in [1.29, 1.82) is 0 Å². The predicted molar refractivity (Wildman–Crippen MR) is 163 cm³/mol. The number of fused-ring (bicyclic) bond motifs is 1. The van der Waals surface area contributed by atoms with Gasteiger partial charge >= 0.3 is 0 Å². The van der Waals surface area contributed by atoms with Crippen LogP contribution in [-0.2, 0) is 14.4 Å². The Morgan fingerprint density at radius 3 is 2.74 bits per heavy atom. The standard InChI is InChI=1S/C31H32FN5O4S/c1-3-25(23(32)10-15-35-28(38)20-30(40)36(2)22-7-5-4-6-8-22)41-26-11-16-34-24-19-27(42-31(24)26)21-12-17-37(18-13-21)29(39)9-14-33/h3-8,10-12,15-16,19H,1,9,13-14,17-18,20,33H2,2H3,(H,35,38)/b15-10+,25-23-. The van der Waals surface area contributed by atoms with Gasteiger partial charge in [0.2, 0.25) is 17.7 Å². The second-order valence-electron chi connectivity index (χ2n) is 9.38. The van der Waals surface area contributed by atoms with Crippen molar-refractivity contribution < 1.29 is 23.5 Å². The normalized spacial score (nSPS) is 13.9. The van der Waals surface area contributed by atoms with Gasteiger partial charge in [-0.2, -0.15) is 0 Å². The van der Waals surface area contributed by atoms with Gasteiger partial charge in [-0.15, -0.1) is 11.3 Å². The molecule has 1 aliphatic rings. The van der Waals surface area contributed by atoms with E-state index in [-0.39, 0.29) is 11.7 Å². The van der Waals surface area contributed by atoms with Crippen molar-refractivity contribution in [3.8, 4) is 5.75 Å². The van der Waals surface area contributed by atoms with E-state index in [2.05, 4.69) is 16.9 Å². The Hall–Kier alpha value is -4.61. The van der Waals surface area contributed by atoms with E-state index in [1.165, 1.54) is 22.3 Å². The number of amides is 3. The van der Waals surface area contributed by atoms with Crippen molar-refractivity contribution in [1.82, 2.24) is 15.2 Å². The molecule has 0 fully saturated rings. The minimum atomic E-state index is -0.767. The first-order chi connectivity index (χ1) is 20.3. The van der Waals surface area contributed by atoms with Crippen LogP contribution in [0.4, 0.5) is 10.1 Å². The summed E-state index contributed by atoms with van der Waals surface area (Å²) in [4.78, 5) is 45.3. The van der Waals surface area contributed by atoms with Crippen molar-refractivity contribution in [2.24, 2.45) is 5.73 Å². The average Bonchev–Trinajstić information content (AvgIpc) is 3.45. The molecular formula is C31H32FN5O4S. The monoisotopic (exact) mass is 589 g/mol. The number of para-hydroxylation sites is 1. The van der Waals surface area contributed by atoms with Gasteiger partial charge in [0, 0.05) is 62.1 Å². The third kappa shape index (κ3) is 7.56. The van der Waals surface area contributed by atoms with Crippen LogP contribution in [-0.4, -0.2) is 54.3 Å². The lowest BCUT2D eigenvalue weighted by atomic mass is 10.1. The number of benzene rings is 1. The molecule has 2 aromatic heterocycles. The Labute approximate surface area is 247 Å². The van der Waals surface area contributed by atoms with Gasteiger partial charge in [0.1, 0.15) is 12.2 Å². The SMILES string of the molecule is C=C/C(Oc1ccnc2cc(C3=CCN(C(=O)CCN)CC3)sc12)=C(F)\C=C\NC(=O)CC(=O)N(C)c1ccccc1. The summed E-state index contributed by atoms with van der Waals surface area (Å²) in [5, 5.41) is 2.40. The van der Waals surface area contributed by atoms with Crippen molar-refractivity contribution in [2.75, 3.05) is 31.6 Å². The molecule has 4 rings (SSSR count). The number of ether oxygens (including phenoxy) is 1. The topological polar surface area (TPSA) is 118 Å². The highest BCUT2D eigenvalue weighted by Gasteiger charge is 2.20. The summed E-state index contributed by atoms with van der Waals surface area (Å²) in [5.74, 6) is -1.45. The van der Waals surface area contributed by atoms with Gasteiger partial charge in [-0.05, 0) is 42.3 Å². The third-order valence-corrected chi connectivity index (χ3v) is 7.77. The van der Waals surface area contributed by atoms with Crippen LogP contribution in [0.2, 0.25) is 0 Å². The summed E-state index contributed by atoms with van der Waals surface area (Å²) in [5.41, 5.74) is 7.98. The van der Waals surface area contributed by atoms with Gasteiger partial charge in [0.25, 0.3) is 0 Å². The number of thiophene rings is 1. The molecule has 11 heteroatoms. The highest BCUT2D eigenvalue weighted by molar-refractivity contribution is 7.20. The molecule has 0 unspecified atom stereocenters. The number of carbonyl (C=O) groups is 3. The van der Waals surface area contributed by atoms with E-state index in [0.717, 1.165) is 27.4 Å². The van der Waals surface area contributed by atoms with E-state index >= 15 is 0 Å². The maximum absolute atomic E-state index is 15.0. The molecule has 0 bridgehead atoms. The zero-order valence-electron chi connectivity index (χ0n) is 23.2. The molecule has 218 valence electrons. The zero-order valence-corrected chi connectivity index (χ0v) is 24.0. The Morgan fingerprint density at radius 2 is 2.05 bits per heavy atom. The number of nitrogens with two attached hydrogens (primary N) is 1. The third-order valence-electron chi connectivity index (χ3n) is 6.56. The highest BCUT2D eigenvalue weighted by Crippen LogP contribution is 2.38. The number of allylic oxidation sites excluding steroid dienone is 3. The molecule has 3 aromatic rings. The van der Waals surface area contributed by atoms with Gasteiger partial charge in [0.15, 0.2) is 11.6 Å². The lowest BCUT2D eigenvalue weighted by Crippen LogP contribution is -2.35. The Balaban J connectivity index is 1.40. The molecule has 42 heavy (non-hydrogen) atoms. The van der Waals surface area contributed by atoms with Crippen LogP contribution in [0.5, 0.6) is 5.75 Å². The number of hydrogen-bond acceptors (Lipinski definition) is 7. The molecular weight excluding hydrogens is 557 g/mol. The van der Waals surface area contributed by atoms with Crippen LogP contribution in [0.1, 0.15) is 24.1 Å². The average molecular weight is 590 g/mol. The fourth-order valence-electron chi connectivity index (χ4n) is 4.25. The molecule has 3 N–H and O–H groups in total. The lowest BCUT2D eigenvalue weighted by molar-refractivity contribution is -0.130. The number of anilines is 1. The minimum absolute atomic E-state index is 0.0463. The molecule has 0 radical (unpaired) electrons. The molecule has 0 saturated heterocycles. The summed E-state index contributed by atoms with van der Waals surface area (Å²) < 4.78 is 21.6. The molecule has 0 atom stereocenters. The number of rotatable bonds is 11. The van der Waals surface area contributed by atoms with Crippen LogP contribution in [0, 0.1) is 0 Å². The summed E-state index contributed by atoms with van der Waals surface area (Å²) in [6, 6.07) is 12.5. The van der Waals surface area contributed by atoms with Crippen LogP contribution in [0.25, 0.3) is 15.8 Å². The van der Waals surface area contributed by atoms with Crippen molar-refractivity contribution in [2.45, 2.75) is 19.3 Å². The van der Waals surface area contributed by atoms with Gasteiger partial charge in [0.05, 0.1) is 10.2 Å². The largest absolute Gasteiger partial charge is 0.453 e. The van der Waals surface area contributed by atoms with Crippen molar-refractivity contribution in [3.05, 3.63) is 96.1 Å². The first-order valence-corrected chi connectivity index (χ1v) is 14.2. The molecule has 0 saturated carbocycles. The molecule has 0 spiro atoms. The van der Waals surface area contributed by atoms with Crippen LogP contribution >= 0.6 is 11.3 Å². The van der Waals surface area contributed by atoms with E-state index in [9.17, 15) is 18.8 Å². The number of carbonyl (C=O) groups excluding carboxylic acids is 3. The fraction of sp³-hybridized carbons (Fsp3) is 0.226. The van der Waals surface area contributed by atoms with Gasteiger partial charge in [-0.1, -0.05) is 30.9 Å². The minimum Gasteiger partial charge on any atom is -0.453 e. The van der Waals surface area contributed by atoms with Gasteiger partial charge in [-0.3, -0.25) is 19.4 Å². The van der Waals surface area contributed by atoms with E-state index < -0.39 is 24.1 Å². The zero-order chi connectivity index (χ0) is 30.1. The Morgan fingerprint density at radius 1 is 1.26 bits per heavy atom. The predicted octanol–water partition coefficient (Wildman–Crippen LogP) is 4.69.